The summed E-state index contributed by atoms with van der Waals surface area (Å²) >= 11 is 0. The molecule has 6 nitrogen and oxygen atoms in total. The molecule has 2 heterocycles. The van der Waals surface area contributed by atoms with E-state index in [9.17, 15) is 0 Å². The summed E-state index contributed by atoms with van der Waals surface area (Å²) < 4.78 is 5.73. The van der Waals surface area contributed by atoms with Gasteiger partial charge in [0.2, 0.25) is 5.95 Å². The van der Waals surface area contributed by atoms with Crippen LogP contribution in [-0.2, 0) is 0 Å². The maximum absolute atomic E-state index is 8.77. The van der Waals surface area contributed by atoms with Gasteiger partial charge in [0.25, 0.3) is 0 Å². The Hall–Kier alpha value is -2.65. The van der Waals surface area contributed by atoms with E-state index in [4.69, 9.17) is 10.00 Å². The highest BCUT2D eigenvalue weighted by Gasteiger charge is 2.18. The number of piperazine rings is 1. The zero-order chi connectivity index (χ0) is 15.9. The van der Waals surface area contributed by atoms with E-state index in [0.717, 1.165) is 44.4 Å². The molecular weight excluding hydrogens is 290 g/mol. The maximum Gasteiger partial charge on any atom is 0.225 e. The van der Waals surface area contributed by atoms with Gasteiger partial charge in [0.15, 0.2) is 0 Å². The topological polar surface area (TPSA) is 65.3 Å². The number of hydrogen-bond acceptors (Lipinski definition) is 6. The Bertz CT molecular complexity index is 645. The zero-order valence-corrected chi connectivity index (χ0v) is 12.9. The number of benzene rings is 1. The van der Waals surface area contributed by atoms with Gasteiger partial charge in [-0.25, -0.2) is 9.97 Å². The monoisotopic (exact) mass is 309 g/mol. The zero-order valence-electron chi connectivity index (χ0n) is 12.9. The number of rotatable bonds is 5. The molecule has 2 aromatic rings. The average molecular weight is 309 g/mol. The van der Waals surface area contributed by atoms with Crippen LogP contribution < -0.4 is 9.64 Å². The largest absolute Gasteiger partial charge is 0.492 e. The Balaban J connectivity index is 1.40. The van der Waals surface area contributed by atoms with E-state index >= 15 is 0 Å². The number of aromatic nitrogens is 2. The molecule has 0 spiro atoms. The van der Waals surface area contributed by atoms with E-state index in [0.29, 0.717) is 12.2 Å². The van der Waals surface area contributed by atoms with Crippen LogP contribution in [0.2, 0.25) is 0 Å². The predicted molar refractivity (Wildman–Crippen MR) is 87.3 cm³/mol. The molecule has 0 saturated carbocycles. The summed E-state index contributed by atoms with van der Waals surface area (Å²) in [4.78, 5) is 13.2. The fraction of sp³-hybridized carbons (Fsp3) is 0.353. The second-order valence-electron chi connectivity index (χ2n) is 5.36. The Kier molecular flexibility index (Phi) is 5.02. The molecule has 1 fully saturated rings. The smallest absolute Gasteiger partial charge is 0.225 e. The maximum atomic E-state index is 8.77. The molecule has 0 atom stereocenters. The second kappa shape index (κ2) is 7.56. The molecule has 0 unspecified atom stereocenters. The van der Waals surface area contributed by atoms with E-state index in [1.54, 1.807) is 24.5 Å². The molecule has 118 valence electrons. The first-order valence-corrected chi connectivity index (χ1v) is 7.72. The minimum Gasteiger partial charge on any atom is -0.492 e. The highest BCUT2D eigenvalue weighted by molar-refractivity contribution is 5.34. The van der Waals surface area contributed by atoms with Crippen molar-refractivity contribution in [2.45, 2.75) is 0 Å². The van der Waals surface area contributed by atoms with Crippen molar-refractivity contribution in [3.05, 3.63) is 48.3 Å². The molecule has 6 heteroatoms. The lowest BCUT2D eigenvalue weighted by Crippen LogP contribution is -2.48. The van der Waals surface area contributed by atoms with Gasteiger partial charge < -0.3 is 9.64 Å². The lowest BCUT2D eigenvalue weighted by molar-refractivity contribution is 0.200. The lowest BCUT2D eigenvalue weighted by Gasteiger charge is -2.34. The summed E-state index contributed by atoms with van der Waals surface area (Å²) in [5.74, 6) is 1.61. The van der Waals surface area contributed by atoms with Gasteiger partial charge in [-0.15, -0.1) is 0 Å². The summed E-state index contributed by atoms with van der Waals surface area (Å²) in [6.07, 6.45) is 3.56. The molecule has 23 heavy (non-hydrogen) atoms. The van der Waals surface area contributed by atoms with E-state index in [2.05, 4.69) is 25.8 Å². The molecule has 1 aromatic heterocycles. The minimum atomic E-state index is 0.647. The SMILES string of the molecule is N#Cc1ccc(OCCN2CCN(c3ncccn3)CC2)cc1. The van der Waals surface area contributed by atoms with Crippen LogP contribution >= 0.6 is 0 Å². The van der Waals surface area contributed by atoms with E-state index in [1.165, 1.54) is 0 Å². The number of hydrogen-bond donors (Lipinski definition) is 0. The van der Waals surface area contributed by atoms with Crippen LogP contribution in [0.5, 0.6) is 5.75 Å². The molecular formula is C17H19N5O. The summed E-state index contributed by atoms with van der Waals surface area (Å²) in [5, 5.41) is 8.77. The van der Waals surface area contributed by atoms with Crippen LogP contribution in [0.15, 0.2) is 42.7 Å². The third kappa shape index (κ3) is 4.18. The van der Waals surface area contributed by atoms with Crippen molar-refractivity contribution in [3.8, 4) is 11.8 Å². The van der Waals surface area contributed by atoms with Gasteiger partial charge in [-0.2, -0.15) is 5.26 Å². The van der Waals surface area contributed by atoms with Gasteiger partial charge in [-0.05, 0) is 30.3 Å². The molecule has 0 amide bonds. The quantitative estimate of drug-likeness (QED) is 0.835. The van der Waals surface area contributed by atoms with Crippen molar-refractivity contribution in [2.24, 2.45) is 0 Å². The Morgan fingerprint density at radius 1 is 1.04 bits per heavy atom. The van der Waals surface area contributed by atoms with Crippen molar-refractivity contribution in [3.63, 3.8) is 0 Å². The second-order valence-corrected chi connectivity index (χ2v) is 5.36. The normalized spacial score (nSPS) is 15.2. The van der Waals surface area contributed by atoms with Crippen LogP contribution in [0.1, 0.15) is 5.56 Å². The predicted octanol–water partition coefficient (Wildman–Crippen LogP) is 1.55. The Labute approximate surface area is 136 Å². The van der Waals surface area contributed by atoms with Gasteiger partial charge in [0.1, 0.15) is 12.4 Å². The summed E-state index contributed by atoms with van der Waals surface area (Å²) in [6.45, 7) is 5.36. The van der Waals surface area contributed by atoms with Crippen molar-refractivity contribution in [1.82, 2.24) is 14.9 Å². The van der Waals surface area contributed by atoms with Gasteiger partial charge in [-0.3, -0.25) is 4.90 Å². The van der Waals surface area contributed by atoms with Crippen molar-refractivity contribution in [2.75, 3.05) is 44.2 Å². The number of anilines is 1. The van der Waals surface area contributed by atoms with Gasteiger partial charge in [-0.1, -0.05) is 0 Å². The van der Waals surface area contributed by atoms with E-state index in [-0.39, 0.29) is 0 Å². The van der Waals surface area contributed by atoms with Gasteiger partial charge in [0.05, 0.1) is 11.6 Å². The first-order chi connectivity index (χ1) is 11.3. The van der Waals surface area contributed by atoms with Crippen molar-refractivity contribution >= 4 is 5.95 Å². The van der Waals surface area contributed by atoms with Crippen molar-refractivity contribution < 1.29 is 4.74 Å². The molecule has 0 N–H and O–H groups in total. The summed E-state index contributed by atoms with van der Waals surface area (Å²) in [7, 11) is 0. The molecule has 1 saturated heterocycles. The summed E-state index contributed by atoms with van der Waals surface area (Å²) in [5.41, 5.74) is 0.650. The molecule has 0 bridgehead atoms. The third-order valence-corrected chi connectivity index (χ3v) is 3.87. The highest BCUT2D eigenvalue weighted by Crippen LogP contribution is 2.12. The highest BCUT2D eigenvalue weighted by atomic mass is 16.5. The molecule has 1 aliphatic heterocycles. The molecule has 3 rings (SSSR count). The minimum absolute atomic E-state index is 0.647. The van der Waals surface area contributed by atoms with Crippen LogP contribution in [0.4, 0.5) is 5.95 Å². The number of ether oxygens (including phenoxy) is 1. The fourth-order valence-corrected chi connectivity index (χ4v) is 2.54. The van der Waals surface area contributed by atoms with Gasteiger partial charge in [0, 0.05) is 45.1 Å². The number of nitriles is 1. The standard InChI is InChI=1S/C17H19N5O/c18-14-15-2-4-16(5-3-15)23-13-12-21-8-10-22(11-9-21)17-19-6-1-7-20-17/h1-7H,8-13H2. The van der Waals surface area contributed by atoms with Crippen LogP contribution in [-0.4, -0.2) is 54.2 Å². The van der Waals surface area contributed by atoms with Crippen molar-refractivity contribution in [1.29, 1.82) is 5.26 Å². The van der Waals surface area contributed by atoms with E-state index in [1.807, 2.05) is 18.2 Å². The van der Waals surface area contributed by atoms with Crippen LogP contribution in [0, 0.1) is 11.3 Å². The average Bonchev–Trinajstić information content (AvgIpc) is 2.64. The molecule has 0 radical (unpaired) electrons. The first kappa shape index (κ1) is 15.3. The Morgan fingerprint density at radius 2 is 1.74 bits per heavy atom. The fourth-order valence-electron chi connectivity index (χ4n) is 2.54. The van der Waals surface area contributed by atoms with Crippen LogP contribution in [0.3, 0.4) is 0 Å². The molecule has 0 aliphatic carbocycles. The third-order valence-electron chi connectivity index (χ3n) is 3.87. The van der Waals surface area contributed by atoms with Gasteiger partial charge >= 0.3 is 0 Å². The number of nitrogens with zero attached hydrogens (tertiary/aromatic N) is 5. The molecule has 1 aliphatic rings. The summed E-state index contributed by atoms with van der Waals surface area (Å²) in [6, 6.07) is 11.2. The molecule has 1 aromatic carbocycles. The first-order valence-electron chi connectivity index (χ1n) is 7.72. The lowest BCUT2D eigenvalue weighted by atomic mass is 10.2. The van der Waals surface area contributed by atoms with E-state index < -0.39 is 0 Å². The van der Waals surface area contributed by atoms with Crippen LogP contribution in [0.25, 0.3) is 0 Å². The Morgan fingerprint density at radius 3 is 2.39 bits per heavy atom.